The average Bonchev–Trinajstić information content (AvgIpc) is 3.68. The van der Waals surface area contributed by atoms with Crippen molar-refractivity contribution >= 4 is 11.8 Å². The van der Waals surface area contributed by atoms with Gasteiger partial charge in [0.05, 0.1) is 5.92 Å². The van der Waals surface area contributed by atoms with E-state index in [2.05, 4.69) is 17.3 Å². The Labute approximate surface area is 191 Å². The average molecular weight is 444 g/mol. The molecular formula is C25H37N3O4. The lowest BCUT2D eigenvalue weighted by molar-refractivity contribution is -0.136. The zero-order valence-corrected chi connectivity index (χ0v) is 19.3. The van der Waals surface area contributed by atoms with Gasteiger partial charge in [-0.1, -0.05) is 12.1 Å². The zero-order chi connectivity index (χ0) is 22.3. The van der Waals surface area contributed by atoms with Crippen molar-refractivity contribution in [3.05, 3.63) is 29.8 Å². The second kappa shape index (κ2) is 11.1. The van der Waals surface area contributed by atoms with Crippen LogP contribution in [0.1, 0.15) is 44.1 Å². The van der Waals surface area contributed by atoms with Crippen molar-refractivity contribution in [3.63, 3.8) is 0 Å². The van der Waals surface area contributed by atoms with Crippen LogP contribution in [-0.4, -0.2) is 74.2 Å². The molecule has 176 valence electrons. The second-order valence-corrected chi connectivity index (χ2v) is 9.44. The van der Waals surface area contributed by atoms with E-state index in [9.17, 15) is 9.59 Å². The summed E-state index contributed by atoms with van der Waals surface area (Å²) in [6, 6.07) is 8.51. The van der Waals surface area contributed by atoms with Crippen molar-refractivity contribution in [1.29, 1.82) is 0 Å². The van der Waals surface area contributed by atoms with Crippen molar-refractivity contribution < 1.29 is 19.1 Å². The van der Waals surface area contributed by atoms with Crippen molar-refractivity contribution in [2.24, 2.45) is 11.8 Å². The Kier molecular flexibility index (Phi) is 8.03. The molecule has 0 radical (unpaired) electrons. The van der Waals surface area contributed by atoms with Crippen LogP contribution >= 0.6 is 0 Å². The first kappa shape index (κ1) is 23.1. The third-order valence-corrected chi connectivity index (χ3v) is 6.92. The van der Waals surface area contributed by atoms with Crippen LogP contribution in [0.15, 0.2) is 24.3 Å². The summed E-state index contributed by atoms with van der Waals surface area (Å²) < 4.78 is 11.4. The molecule has 1 aliphatic carbocycles. The number of likely N-dealkylation sites (N-methyl/N-ethyl adjacent to an activating group) is 1. The highest BCUT2D eigenvalue weighted by Crippen LogP contribution is 2.32. The third-order valence-electron chi connectivity index (χ3n) is 6.92. The number of hydrogen-bond donors (Lipinski definition) is 1. The number of rotatable bonds is 9. The summed E-state index contributed by atoms with van der Waals surface area (Å²) in [6.45, 7) is 5.04. The van der Waals surface area contributed by atoms with Crippen LogP contribution in [0.5, 0.6) is 5.75 Å². The molecule has 7 heteroatoms. The summed E-state index contributed by atoms with van der Waals surface area (Å²) in [4.78, 5) is 29.3. The highest BCUT2D eigenvalue weighted by atomic mass is 16.5. The monoisotopic (exact) mass is 443 g/mol. The number of hydrogen-bond acceptors (Lipinski definition) is 5. The predicted molar refractivity (Wildman–Crippen MR) is 122 cm³/mol. The van der Waals surface area contributed by atoms with Gasteiger partial charge in [-0.25, -0.2) is 0 Å². The Morgan fingerprint density at radius 1 is 1.16 bits per heavy atom. The molecule has 2 saturated heterocycles. The molecule has 4 rings (SSSR count). The van der Waals surface area contributed by atoms with Crippen molar-refractivity contribution in [1.82, 2.24) is 15.1 Å². The van der Waals surface area contributed by atoms with E-state index in [1.54, 1.807) is 0 Å². The molecule has 32 heavy (non-hydrogen) atoms. The molecule has 1 unspecified atom stereocenters. The number of likely N-dealkylation sites (tertiary alicyclic amines) is 1. The van der Waals surface area contributed by atoms with E-state index in [0.717, 1.165) is 76.1 Å². The number of amides is 2. The van der Waals surface area contributed by atoms with Gasteiger partial charge in [0.1, 0.15) is 12.4 Å². The number of benzene rings is 1. The first-order chi connectivity index (χ1) is 15.6. The largest absolute Gasteiger partial charge is 0.492 e. The Morgan fingerprint density at radius 2 is 1.97 bits per heavy atom. The summed E-state index contributed by atoms with van der Waals surface area (Å²) in [5.74, 6) is 1.23. The zero-order valence-electron chi connectivity index (χ0n) is 19.3. The lowest BCUT2D eigenvalue weighted by atomic mass is 9.96. The lowest BCUT2D eigenvalue weighted by Crippen LogP contribution is -2.45. The molecule has 2 heterocycles. The molecule has 2 amide bonds. The molecule has 1 aromatic carbocycles. The first-order valence-corrected chi connectivity index (χ1v) is 12.2. The Balaban J connectivity index is 1.19. The van der Waals surface area contributed by atoms with Crippen LogP contribution in [-0.2, 0) is 20.9 Å². The van der Waals surface area contributed by atoms with Crippen LogP contribution in [0.25, 0.3) is 0 Å². The number of nitrogens with zero attached hydrogens (tertiary/aromatic N) is 2. The first-order valence-electron chi connectivity index (χ1n) is 12.2. The van der Waals surface area contributed by atoms with E-state index in [-0.39, 0.29) is 23.7 Å². The van der Waals surface area contributed by atoms with Gasteiger partial charge in [-0.05, 0) is 63.3 Å². The van der Waals surface area contributed by atoms with Crippen LogP contribution in [0, 0.1) is 11.8 Å². The Bertz CT molecular complexity index is 776. The van der Waals surface area contributed by atoms with E-state index < -0.39 is 0 Å². The van der Waals surface area contributed by atoms with Gasteiger partial charge in [0.15, 0.2) is 0 Å². The van der Waals surface area contributed by atoms with Crippen molar-refractivity contribution in [2.45, 2.75) is 51.1 Å². The number of carbonyl (C=O) groups excluding carboxylic acids is 2. The van der Waals surface area contributed by atoms with Gasteiger partial charge < -0.3 is 19.7 Å². The maximum Gasteiger partial charge on any atom is 0.225 e. The summed E-state index contributed by atoms with van der Waals surface area (Å²) >= 11 is 0. The lowest BCUT2D eigenvalue weighted by Gasteiger charge is -2.32. The van der Waals surface area contributed by atoms with E-state index in [1.165, 1.54) is 0 Å². The number of ether oxygens (including phenoxy) is 2. The van der Waals surface area contributed by atoms with Gasteiger partial charge in [0, 0.05) is 51.4 Å². The molecule has 0 bridgehead atoms. The van der Waals surface area contributed by atoms with Gasteiger partial charge in [-0.2, -0.15) is 0 Å². The molecule has 3 fully saturated rings. The van der Waals surface area contributed by atoms with E-state index in [1.807, 2.05) is 29.2 Å². The minimum atomic E-state index is -0.105. The SMILES string of the molecule is CN(CCOc1cccc(CNC(=O)C2CCCN(C(=O)C3CC3)C2)c1)C1CCOCC1. The summed E-state index contributed by atoms with van der Waals surface area (Å²) in [5.41, 5.74) is 1.02. The molecule has 2 aliphatic heterocycles. The molecule has 1 N–H and O–H groups in total. The molecule has 0 spiro atoms. The Morgan fingerprint density at radius 3 is 2.75 bits per heavy atom. The molecule has 1 aromatic rings. The van der Waals surface area contributed by atoms with Crippen molar-refractivity contribution in [3.8, 4) is 5.75 Å². The topological polar surface area (TPSA) is 71.1 Å². The van der Waals surface area contributed by atoms with Gasteiger partial charge in [-0.15, -0.1) is 0 Å². The number of piperidine rings is 1. The van der Waals surface area contributed by atoms with E-state index in [0.29, 0.717) is 25.7 Å². The summed E-state index contributed by atoms with van der Waals surface area (Å²) in [7, 11) is 2.15. The minimum absolute atomic E-state index is 0.0442. The minimum Gasteiger partial charge on any atom is -0.492 e. The normalized spacial score (nSPS) is 22.1. The van der Waals surface area contributed by atoms with Gasteiger partial charge in [0.25, 0.3) is 0 Å². The number of nitrogens with one attached hydrogen (secondary N) is 1. The summed E-state index contributed by atoms with van der Waals surface area (Å²) in [5, 5.41) is 3.07. The van der Waals surface area contributed by atoms with Crippen LogP contribution in [0.3, 0.4) is 0 Å². The highest BCUT2D eigenvalue weighted by Gasteiger charge is 2.36. The molecule has 1 saturated carbocycles. The third kappa shape index (κ3) is 6.45. The maximum absolute atomic E-state index is 12.7. The van der Waals surface area contributed by atoms with E-state index >= 15 is 0 Å². The fraction of sp³-hybridized carbons (Fsp3) is 0.680. The second-order valence-electron chi connectivity index (χ2n) is 9.44. The molecular weight excluding hydrogens is 406 g/mol. The van der Waals surface area contributed by atoms with Crippen LogP contribution in [0.2, 0.25) is 0 Å². The Hall–Kier alpha value is -2.12. The quantitative estimate of drug-likeness (QED) is 0.635. The van der Waals surface area contributed by atoms with Gasteiger partial charge in [-0.3, -0.25) is 14.5 Å². The fourth-order valence-electron chi connectivity index (χ4n) is 4.67. The smallest absolute Gasteiger partial charge is 0.225 e. The van der Waals surface area contributed by atoms with E-state index in [4.69, 9.17) is 9.47 Å². The number of carbonyl (C=O) groups is 2. The molecule has 3 aliphatic rings. The molecule has 1 atom stereocenters. The van der Waals surface area contributed by atoms with Crippen LogP contribution < -0.4 is 10.1 Å². The van der Waals surface area contributed by atoms with Gasteiger partial charge in [0.2, 0.25) is 11.8 Å². The summed E-state index contributed by atoms with van der Waals surface area (Å²) in [6.07, 6.45) is 5.94. The fourth-order valence-corrected chi connectivity index (χ4v) is 4.67. The van der Waals surface area contributed by atoms with Gasteiger partial charge >= 0.3 is 0 Å². The standard InChI is InChI=1S/C25H37N3O4/c1-27(22-9-13-31-14-10-22)12-15-32-23-6-2-4-19(16-23)17-26-24(29)21-5-3-11-28(18-21)25(30)20-7-8-20/h2,4,6,16,20-22H,3,5,7-15,17-18H2,1H3,(H,26,29). The molecule has 7 nitrogen and oxygen atoms in total. The van der Waals surface area contributed by atoms with Crippen molar-refractivity contribution in [2.75, 3.05) is 46.5 Å². The molecule has 0 aromatic heterocycles. The predicted octanol–water partition coefficient (Wildman–Crippen LogP) is 2.44. The van der Waals surface area contributed by atoms with Crippen LogP contribution in [0.4, 0.5) is 0 Å². The maximum atomic E-state index is 12.7. The highest BCUT2D eigenvalue weighted by molar-refractivity contribution is 5.83.